The number of hydrogen-bond donors (Lipinski definition) is 0. The molecule has 0 amide bonds. The lowest BCUT2D eigenvalue weighted by molar-refractivity contribution is -0.211. The molecule has 4 rings (SSSR count). The summed E-state index contributed by atoms with van der Waals surface area (Å²) in [6, 6.07) is 4.52. The van der Waals surface area contributed by atoms with E-state index in [9.17, 15) is 39.9 Å². The molecule has 244 valence electrons. The van der Waals surface area contributed by atoms with Gasteiger partial charge < -0.3 is 19.1 Å². The van der Waals surface area contributed by atoms with Gasteiger partial charge in [-0.3, -0.25) is 4.79 Å². The smallest absolute Gasteiger partial charge is 0.416 e. The number of likely N-dealkylation sites (tertiary alicyclic amines) is 1. The Kier molecular flexibility index (Phi) is 10.3. The van der Waals surface area contributed by atoms with Crippen LogP contribution in [0.15, 0.2) is 36.4 Å². The zero-order chi connectivity index (χ0) is 32.4. The van der Waals surface area contributed by atoms with Gasteiger partial charge in [0.1, 0.15) is 0 Å². The number of hydrogen-bond acceptors (Lipinski definition) is 5. The molecule has 0 spiro atoms. The first kappa shape index (κ1) is 34.1. The van der Waals surface area contributed by atoms with Gasteiger partial charge in [-0.1, -0.05) is 6.07 Å². The molecule has 2 heterocycles. The molecule has 0 bridgehead atoms. The fourth-order valence-electron chi connectivity index (χ4n) is 6.12. The molecule has 2 saturated heterocycles. The minimum absolute atomic E-state index is 0.0378. The van der Waals surface area contributed by atoms with Crippen molar-refractivity contribution in [3.8, 4) is 0 Å². The van der Waals surface area contributed by atoms with Crippen LogP contribution in [0.25, 0.3) is 0 Å². The molecule has 4 unspecified atom stereocenters. The molecule has 2 fully saturated rings. The zero-order valence-electron chi connectivity index (χ0n) is 24.5. The van der Waals surface area contributed by atoms with Crippen molar-refractivity contribution < 1.29 is 54.1 Å². The fourth-order valence-corrected chi connectivity index (χ4v) is 6.12. The Morgan fingerprint density at radius 1 is 1.05 bits per heavy atom. The minimum Gasteiger partial charge on any atom is -0.466 e. The number of carbonyl (C=O) groups is 1. The topological polar surface area (TPSA) is 48.0 Å². The molecule has 2 aromatic rings. The number of rotatable bonds is 8. The van der Waals surface area contributed by atoms with Gasteiger partial charge in [-0.15, -0.1) is 0 Å². The number of halogens is 8. The summed E-state index contributed by atoms with van der Waals surface area (Å²) in [5.74, 6) is -3.59. The summed E-state index contributed by atoms with van der Waals surface area (Å²) in [6.45, 7) is 6.68. The Hall–Kier alpha value is -2.77. The van der Waals surface area contributed by atoms with Crippen LogP contribution in [0, 0.1) is 23.0 Å². The predicted molar refractivity (Wildman–Crippen MR) is 143 cm³/mol. The van der Waals surface area contributed by atoms with E-state index in [2.05, 4.69) is 4.90 Å². The fraction of sp³-hybridized carbons (Fsp3) is 0.581. The summed E-state index contributed by atoms with van der Waals surface area (Å²) in [5.41, 5.74) is -3.78. The highest BCUT2D eigenvalue weighted by Crippen LogP contribution is 2.43. The quantitative estimate of drug-likeness (QED) is 0.218. The highest BCUT2D eigenvalue weighted by Gasteiger charge is 2.43. The van der Waals surface area contributed by atoms with Gasteiger partial charge in [-0.05, 0) is 94.0 Å². The first-order valence-corrected chi connectivity index (χ1v) is 14.4. The highest BCUT2D eigenvalue weighted by molar-refractivity contribution is 5.76. The van der Waals surface area contributed by atoms with Gasteiger partial charge >= 0.3 is 18.3 Å². The number of nitrogens with zero attached hydrogens (tertiary/aromatic N) is 1. The normalized spacial score (nSPS) is 25.9. The molecule has 2 aliphatic heterocycles. The average Bonchev–Trinajstić information content (AvgIpc) is 2.94. The molecule has 2 aromatic carbocycles. The van der Waals surface area contributed by atoms with Gasteiger partial charge in [0, 0.05) is 19.0 Å². The molecule has 0 aromatic heterocycles. The van der Waals surface area contributed by atoms with Crippen LogP contribution in [0.3, 0.4) is 0 Å². The van der Waals surface area contributed by atoms with Crippen molar-refractivity contribution in [2.75, 3.05) is 32.8 Å². The number of benzene rings is 2. The molecular formula is C31H35F8NO4. The van der Waals surface area contributed by atoms with E-state index in [1.165, 1.54) is 13.0 Å². The molecule has 2 aliphatic rings. The second kappa shape index (κ2) is 13.3. The van der Waals surface area contributed by atoms with E-state index in [0.29, 0.717) is 56.6 Å². The van der Waals surface area contributed by atoms with Gasteiger partial charge in [0.15, 0.2) is 17.9 Å². The second-order valence-corrected chi connectivity index (χ2v) is 11.7. The first-order valence-electron chi connectivity index (χ1n) is 14.4. The summed E-state index contributed by atoms with van der Waals surface area (Å²) in [5, 5.41) is 0. The van der Waals surface area contributed by atoms with Crippen LogP contribution in [0.5, 0.6) is 0 Å². The molecule has 0 saturated carbocycles. The molecule has 0 aliphatic carbocycles. The minimum atomic E-state index is -5.04. The van der Waals surface area contributed by atoms with E-state index < -0.39 is 58.8 Å². The van der Waals surface area contributed by atoms with Crippen molar-refractivity contribution in [2.24, 2.45) is 11.3 Å². The molecule has 0 radical (unpaired) electrons. The molecular weight excluding hydrogens is 602 g/mol. The Balaban J connectivity index is 1.64. The molecule has 13 heteroatoms. The number of esters is 1. The monoisotopic (exact) mass is 637 g/mol. The predicted octanol–water partition coefficient (Wildman–Crippen LogP) is 7.89. The van der Waals surface area contributed by atoms with Gasteiger partial charge in [0.05, 0.1) is 35.9 Å². The maximum Gasteiger partial charge on any atom is 0.416 e. The van der Waals surface area contributed by atoms with Gasteiger partial charge in [0.25, 0.3) is 0 Å². The number of piperidine rings is 1. The summed E-state index contributed by atoms with van der Waals surface area (Å²) in [4.78, 5) is 14.8. The summed E-state index contributed by atoms with van der Waals surface area (Å²) < 4.78 is 126. The standard InChI is InChI=1S/C31H35F8NO4/c1-4-42-28(41)29(3)9-5-10-40(17-29)16-20-8-11-43-27(26(20)19-6-7-24(32)25(33)14-19)44-18(2)21-12-22(30(34,35)36)15-23(13-21)31(37,38)39/h6-7,12-15,18,20,26-27H,4-5,8-11,16-17H2,1-3H3/t18?,20?,26?,27?,29-/m1/s1. The maximum absolute atomic E-state index is 14.4. The van der Waals surface area contributed by atoms with Crippen LogP contribution in [-0.2, 0) is 31.4 Å². The van der Waals surface area contributed by atoms with E-state index in [0.717, 1.165) is 12.1 Å². The SMILES string of the molecule is CCOC(=O)[C@]1(C)CCCN(CC2CCOC(OC(C)c3cc(C(F)(F)F)cc(C(F)(F)F)c3)C2c2ccc(F)c(F)c2)C1. The van der Waals surface area contributed by atoms with Crippen molar-refractivity contribution in [1.82, 2.24) is 4.90 Å². The summed E-state index contributed by atoms with van der Waals surface area (Å²) >= 11 is 0. The van der Waals surface area contributed by atoms with E-state index in [-0.39, 0.29) is 36.7 Å². The largest absolute Gasteiger partial charge is 0.466 e. The summed E-state index contributed by atoms with van der Waals surface area (Å²) in [6.07, 6.45) is -10.8. The Morgan fingerprint density at radius 2 is 1.70 bits per heavy atom. The van der Waals surface area contributed by atoms with Crippen LogP contribution in [0.4, 0.5) is 35.1 Å². The number of ether oxygens (including phenoxy) is 3. The van der Waals surface area contributed by atoms with Crippen LogP contribution in [-0.4, -0.2) is 50.0 Å². The lowest BCUT2D eigenvalue weighted by atomic mass is 9.78. The van der Waals surface area contributed by atoms with Gasteiger partial charge in [-0.25, -0.2) is 8.78 Å². The van der Waals surface area contributed by atoms with Crippen molar-refractivity contribution in [2.45, 2.75) is 70.7 Å². The Morgan fingerprint density at radius 3 is 2.30 bits per heavy atom. The van der Waals surface area contributed by atoms with Crippen LogP contribution in [0.2, 0.25) is 0 Å². The third-order valence-electron chi connectivity index (χ3n) is 8.35. The van der Waals surface area contributed by atoms with Crippen LogP contribution >= 0.6 is 0 Å². The second-order valence-electron chi connectivity index (χ2n) is 11.7. The Labute approximate surface area is 250 Å². The average molecular weight is 638 g/mol. The van der Waals surface area contributed by atoms with Crippen LogP contribution in [0.1, 0.15) is 74.3 Å². The van der Waals surface area contributed by atoms with Crippen molar-refractivity contribution in [1.29, 1.82) is 0 Å². The van der Waals surface area contributed by atoms with Crippen molar-refractivity contribution in [3.63, 3.8) is 0 Å². The highest BCUT2D eigenvalue weighted by atomic mass is 19.4. The lowest BCUT2D eigenvalue weighted by Gasteiger charge is -2.44. The lowest BCUT2D eigenvalue weighted by Crippen LogP contribution is -2.50. The van der Waals surface area contributed by atoms with E-state index in [4.69, 9.17) is 14.2 Å². The zero-order valence-corrected chi connectivity index (χ0v) is 24.5. The van der Waals surface area contributed by atoms with Gasteiger partial charge in [0.2, 0.25) is 0 Å². The van der Waals surface area contributed by atoms with Crippen molar-refractivity contribution >= 4 is 5.97 Å². The Bertz CT molecular complexity index is 1280. The number of carbonyl (C=O) groups excluding carboxylic acids is 1. The molecule has 5 atom stereocenters. The molecule has 5 nitrogen and oxygen atoms in total. The maximum atomic E-state index is 14.4. The number of alkyl halides is 6. The first-order chi connectivity index (χ1) is 20.5. The molecule has 44 heavy (non-hydrogen) atoms. The van der Waals surface area contributed by atoms with E-state index in [1.54, 1.807) is 6.92 Å². The van der Waals surface area contributed by atoms with Crippen LogP contribution < -0.4 is 0 Å². The van der Waals surface area contributed by atoms with Crippen molar-refractivity contribution in [3.05, 3.63) is 70.3 Å². The summed E-state index contributed by atoms with van der Waals surface area (Å²) in [7, 11) is 0. The van der Waals surface area contributed by atoms with Gasteiger partial charge in [-0.2, -0.15) is 26.3 Å². The van der Waals surface area contributed by atoms with E-state index in [1.807, 2.05) is 6.92 Å². The third kappa shape index (κ3) is 7.89. The third-order valence-corrected chi connectivity index (χ3v) is 8.35. The van der Waals surface area contributed by atoms with E-state index >= 15 is 0 Å². The molecule has 0 N–H and O–H groups in total.